The predicted octanol–water partition coefficient (Wildman–Crippen LogP) is 2.88. The Labute approximate surface area is 108 Å². The van der Waals surface area contributed by atoms with Gasteiger partial charge < -0.3 is 10.2 Å². The summed E-state index contributed by atoms with van der Waals surface area (Å²) in [6.07, 6.45) is -2.59. The molecule has 0 aromatic heterocycles. The van der Waals surface area contributed by atoms with Crippen molar-refractivity contribution in [2.24, 2.45) is 5.11 Å². The highest BCUT2D eigenvalue weighted by molar-refractivity contribution is 6.31. The van der Waals surface area contributed by atoms with Crippen LogP contribution >= 0.6 is 11.6 Å². The van der Waals surface area contributed by atoms with Gasteiger partial charge in [-0.25, -0.2) is 4.39 Å². The second-order valence-electron chi connectivity index (χ2n) is 3.88. The van der Waals surface area contributed by atoms with E-state index in [4.69, 9.17) is 17.1 Å². The summed E-state index contributed by atoms with van der Waals surface area (Å²) >= 11 is 5.84. The Balaban J connectivity index is 2.85. The van der Waals surface area contributed by atoms with Crippen LogP contribution in [0.25, 0.3) is 10.4 Å². The maximum atomic E-state index is 13.6. The van der Waals surface area contributed by atoms with Gasteiger partial charge in [-0.05, 0) is 36.6 Å². The molecule has 0 aliphatic carbocycles. The fraction of sp³-hybridized carbons (Fsp3) is 0.455. The van der Waals surface area contributed by atoms with Gasteiger partial charge in [-0.1, -0.05) is 16.7 Å². The first-order valence-corrected chi connectivity index (χ1v) is 5.67. The summed E-state index contributed by atoms with van der Waals surface area (Å²) in [7, 11) is 0. The highest BCUT2D eigenvalue weighted by Gasteiger charge is 2.22. The summed E-state index contributed by atoms with van der Waals surface area (Å²) < 4.78 is 13.6. The number of halogens is 2. The first-order chi connectivity index (χ1) is 8.47. The molecule has 2 N–H and O–H groups in total. The van der Waals surface area contributed by atoms with Crippen molar-refractivity contribution >= 4 is 11.6 Å². The third-order valence-corrected chi connectivity index (χ3v) is 2.96. The molecule has 1 aromatic carbocycles. The number of benzene rings is 1. The van der Waals surface area contributed by atoms with E-state index >= 15 is 0 Å². The van der Waals surface area contributed by atoms with Crippen molar-refractivity contribution in [3.63, 3.8) is 0 Å². The molecular weight excluding hydrogens is 261 g/mol. The summed E-state index contributed by atoms with van der Waals surface area (Å²) in [5, 5.41) is 23.0. The van der Waals surface area contributed by atoms with Crippen LogP contribution in [0.3, 0.4) is 0 Å². The average Bonchev–Trinajstić information content (AvgIpc) is 2.33. The highest BCUT2D eigenvalue weighted by atomic mass is 35.5. The predicted molar refractivity (Wildman–Crippen MR) is 65.7 cm³/mol. The molecule has 1 rings (SSSR count). The van der Waals surface area contributed by atoms with E-state index in [1.807, 2.05) is 0 Å². The first-order valence-electron chi connectivity index (χ1n) is 5.30. The number of aliphatic hydroxyl groups is 2. The Kier molecular flexibility index (Phi) is 5.37. The van der Waals surface area contributed by atoms with E-state index in [0.29, 0.717) is 10.6 Å². The molecule has 18 heavy (non-hydrogen) atoms. The van der Waals surface area contributed by atoms with Crippen molar-refractivity contribution in [3.8, 4) is 0 Å². The van der Waals surface area contributed by atoms with Crippen LogP contribution in [0.1, 0.15) is 23.7 Å². The lowest BCUT2D eigenvalue weighted by Gasteiger charge is -2.18. The van der Waals surface area contributed by atoms with Crippen LogP contribution in [0.15, 0.2) is 17.2 Å². The van der Waals surface area contributed by atoms with Crippen molar-refractivity contribution in [2.45, 2.75) is 25.6 Å². The minimum atomic E-state index is -1.41. The number of hydrogen-bond acceptors (Lipinski definition) is 3. The van der Waals surface area contributed by atoms with Crippen LogP contribution in [0.4, 0.5) is 4.39 Å². The van der Waals surface area contributed by atoms with Crippen molar-refractivity contribution in [1.29, 1.82) is 0 Å². The van der Waals surface area contributed by atoms with Crippen molar-refractivity contribution in [2.75, 3.05) is 6.54 Å². The number of nitrogens with zero attached hydrogens (tertiary/aromatic N) is 3. The Bertz CT molecular complexity index is 478. The zero-order chi connectivity index (χ0) is 13.7. The van der Waals surface area contributed by atoms with Crippen LogP contribution in [0.5, 0.6) is 0 Å². The third kappa shape index (κ3) is 3.58. The number of aliphatic hydroxyl groups excluding tert-OH is 2. The monoisotopic (exact) mass is 273 g/mol. The van der Waals surface area contributed by atoms with Crippen molar-refractivity contribution < 1.29 is 14.6 Å². The van der Waals surface area contributed by atoms with E-state index in [0.717, 1.165) is 0 Å². The average molecular weight is 274 g/mol. The normalized spacial score (nSPS) is 13.8. The van der Waals surface area contributed by atoms with Crippen LogP contribution in [0, 0.1) is 12.7 Å². The molecular formula is C11H13ClFN3O2. The van der Waals surface area contributed by atoms with Gasteiger partial charge in [0.1, 0.15) is 11.9 Å². The smallest absolute Gasteiger partial charge is 0.129 e. The molecule has 2 unspecified atom stereocenters. The van der Waals surface area contributed by atoms with Gasteiger partial charge in [0.25, 0.3) is 0 Å². The molecule has 7 heteroatoms. The number of rotatable bonds is 5. The van der Waals surface area contributed by atoms with Gasteiger partial charge in [-0.3, -0.25) is 0 Å². The first kappa shape index (κ1) is 14.7. The van der Waals surface area contributed by atoms with Crippen LogP contribution < -0.4 is 0 Å². The Morgan fingerprint density at radius 2 is 2.17 bits per heavy atom. The van der Waals surface area contributed by atoms with Gasteiger partial charge in [0.15, 0.2) is 0 Å². The lowest BCUT2D eigenvalue weighted by molar-refractivity contribution is 0.0130. The van der Waals surface area contributed by atoms with Gasteiger partial charge in [0, 0.05) is 22.0 Å². The van der Waals surface area contributed by atoms with Gasteiger partial charge >= 0.3 is 0 Å². The second-order valence-corrected chi connectivity index (χ2v) is 4.29. The van der Waals surface area contributed by atoms with E-state index in [9.17, 15) is 14.6 Å². The quantitative estimate of drug-likeness (QED) is 0.491. The fourth-order valence-electron chi connectivity index (χ4n) is 1.49. The lowest BCUT2D eigenvalue weighted by atomic mass is 10.0. The van der Waals surface area contributed by atoms with E-state index < -0.39 is 18.0 Å². The molecule has 0 aliphatic heterocycles. The SMILES string of the molecule is Cc1cc(F)c(C(O)C(O)CCN=[N+]=[N-])cc1Cl. The molecule has 0 saturated heterocycles. The van der Waals surface area contributed by atoms with E-state index in [-0.39, 0.29) is 18.5 Å². The molecule has 0 radical (unpaired) electrons. The van der Waals surface area contributed by atoms with Gasteiger partial charge in [0.05, 0.1) is 6.10 Å². The molecule has 0 bridgehead atoms. The van der Waals surface area contributed by atoms with Crippen molar-refractivity contribution in [3.05, 3.63) is 44.5 Å². The molecule has 1 aromatic rings. The molecule has 2 atom stereocenters. The van der Waals surface area contributed by atoms with Gasteiger partial charge in [-0.15, -0.1) is 0 Å². The fourth-order valence-corrected chi connectivity index (χ4v) is 1.66. The summed E-state index contributed by atoms with van der Waals surface area (Å²) in [5.41, 5.74) is 8.56. The summed E-state index contributed by atoms with van der Waals surface area (Å²) in [5.74, 6) is -0.632. The van der Waals surface area contributed by atoms with Crippen LogP contribution in [-0.2, 0) is 0 Å². The van der Waals surface area contributed by atoms with Gasteiger partial charge in [0.2, 0.25) is 0 Å². The minimum Gasteiger partial charge on any atom is -0.390 e. The zero-order valence-corrected chi connectivity index (χ0v) is 10.5. The molecule has 0 spiro atoms. The molecule has 0 saturated carbocycles. The summed E-state index contributed by atoms with van der Waals surface area (Å²) in [6.45, 7) is 1.66. The lowest BCUT2D eigenvalue weighted by Crippen LogP contribution is -2.20. The maximum absolute atomic E-state index is 13.6. The van der Waals surface area contributed by atoms with Crippen LogP contribution in [-0.4, -0.2) is 22.9 Å². The van der Waals surface area contributed by atoms with E-state index in [2.05, 4.69) is 10.0 Å². The minimum absolute atomic E-state index is 0.0237. The Hall–Kier alpha value is -1.33. The topological polar surface area (TPSA) is 89.2 Å². The largest absolute Gasteiger partial charge is 0.390 e. The molecule has 98 valence electrons. The number of hydrogen-bond donors (Lipinski definition) is 2. The second kappa shape index (κ2) is 6.56. The standard InChI is InChI=1S/C11H13ClFN3O2/c1-6-4-9(13)7(5-8(6)12)11(18)10(17)2-3-15-16-14/h4-5,10-11,17-18H,2-3H2,1H3. The van der Waals surface area contributed by atoms with E-state index in [1.54, 1.807) is 6.92 Å². The Morgan fingerprint density at radius 3 is 2.78 bits per heavy atom. The molecule has 0 aliphatic rings. The molecule has 5 nitrogen and oxygen atoms in total. The van der Waals surface area contributed by atoms with E-state index in [1.165, 1.54) is 12.1 Å². The van der Waals surface area contributed by atoms with Crippen molar-refractivity contribution in [1.82, 2.24) is 0 Å². The number of azide groups is 1. The highest BCUT2D eigenvalue weighted by Crippen LogP contribution is 2.27. The molecule has 0 amide bonds. The zero-order valence-electron chi connectivity index (χ0n) is 9.72. The Morgan fingerprint density at radius 1 is 1.50 bits per heavy atom. The number of aryl methyl sites for hydroxylation is 1. The summed E-state index contributed by atoms with van der Waals surface area (Å²) in [4.78, 5) is 2.52. The molecule has 0 heterocycles. The summed E-state index contributed by atoms with van der Waals surface area (Å²) in [6, 6.07) is 2.48. The maximum Gasteiger partial charge on any atom is 0.129 e. The molecule has 0 fully saturated rings. The van der Waals surface area contributed by atoms with Gasteiger partial charge in [-0.2, -0.15) is 0 Å². The van der Waals surface area contributed by atoms with Crippen LogP contribution in [0.2, 0.25) is 5.02 Å². The third-order valence-electron chi connectivity index (χ3n) is 2.55.